The zero-order valence-electron chi connectivity index (χ0n) is 8.81. The van der Waals surface area contributed by atoms with Crippen LogP contribution in [0.1, 0.15) is 46.0 Å². The zero-order chi connectivity index (χ0) is 9.68. The van der Waals surface area contributed by atoms with Crippen molar-refractivity contribution < 1.29 is 4.79 Å². The molecule has 13 heavy (non-hydrogen) atoms. The first-order chi connectivity index (χ1) is 6.24. The molecule has 76 valence electrons. The maximum absolute atomic E-state index is 11.5. The minimum absolute atomic E-state index is 0.230. The fraction of sp³-hybridized carbons (Fsp3) is 0.909. The molecule has 0 heterocycles. The maximum Gasteiger partial charge on any atom is 0.149 e. The normalized spacial score (nSPS) is 20.5. The number of ketones is 1. The van der Waals surface area contributed by atoms with E-state index in [2.05, 4.69) is 12.2 Å². The molecule has 1 atom stereocenters. The smallest absolute Gasteiger partial charge is 0.149 e. The minimum Gasteiger partial charge on any atom is -0.307 e. The van der Waals surface area contributed by atoms with Crippen LogP contribution in [0.15, 0.2) is 0 Å². The number of Topliss-reactive ketones (excluding diaryl/α,β-unsaturated/α-hetero) is 1. The van der Waals surface area contributed by atoms with Crippen molar-refractivity contribution in [2.24, 2.45) is 5.92 Å². The van der Waals surface area contributed by atoms with E-state index in [1.807, 2.05) is 6.92 Å². The van der Waals surface area contributed by atoms with Gasteiger partial charge >= 0.3 is 0 Å². The van der Waals surface area contributed by atoms with Crippen molar-refractivity contribution in [2.75, 3.05) is 6.54 Å². The highest BCUT2D eigenvalue weighted by molar-refractivity contribution is 5.82. The Morgan fingerprint density at radius 1 is 1.46 bits per heavy atom. The summed E-state index contributed by atoms with van der Waals surface area (Å²) in [5.74, 6) is 0.600. The average Bonchev–Trinajstić information content (AvgIpc) is 2.65. The van der Waals surface area contributed by atoms with Crippen molar-refractivity contribution in [3.8, 4) is 0 Å². The molecule has 1 saturated carbocycles. The molecule has 0 bridgehead atoms. The molecule has 0 spiro atoms. The van der Waals surface area contributed by atoms with Crippen LogP contribution < -0.4 is 5.32 Å². The second kappa shape index (κ2) is 5.38. The number of hydrogen-bond donors (Lipinski definition) is 1. The molecule has 1 rings (SSSR count). The average molecular weight is 183 g/mol. The number of rotatable bonds is 5. The SMILES string of the molecule is CCC(C)C(=O)CNC1CCCC1. The van der Waals surface area contributed by atoms with Crippen LogP contribution in [0.4, 0.5) is 0 Å². The second-order valence-corrected chi connectivity index (χ2v) is 4.14. The van der Waals surface area contributed by atoms with Crippen LogP contribution in [0.25, 0.3) is 0 Å². The Labute approximate surface area is 81.1 Å². The van der Waals surface area contributed by atoms with Gasteiger partial charge in [0.1, 0.15) is 5.78 Å². The first kappa shape index (κ1) is 10.7. The van der Waals surface area contributed by atoms with E-state index in [1.165, 1.54) is 25.7 Å². The van der Waals surface area contributed by atoms with Crippen molar-refractivity contribution in [2.45, 2.75) is 52.0 Å². The lowest BCUT2D eigenvalue weighted by atomic mass is 10.0. The second-order valence-electron chi connectivity index (χ2n) is 4.14. The van der Waals surface area contributed by atoms with Gasteiger partial charge in [-0.05, 0) is 19.3 Å². The van der Waals surface area contributed by atoms with E-state index in [4.69, 9.17) is 0 Å². The lowest BCUT2D eigenvalue weighted by Crippen LogP contribution is -2.33. The van der Waals surface area contributed by atoms with Gasteiger partial charge in [0.2, 0.25) is 0 Å². The molecule has 0 saturated heterocycles. The van der Waals surface area contributed by atoms with E-state index < -0.39 is 0 Å². The molecule has 2 heteroatoms. The first-order valence-corrected chi connectivity index (χ1v) is 5.50. The molecule has 0 aromatic rings. The zero-order valence-corrected chi connectivity index (χ0v) is 8.81. The van der Waals surface area contributed by atoms with E-state index in [0.29, 0.717) is 18.4 Å². The summed E-state index contributed by atoms with van der Waals surface area (Å²) >= 11 is 0. The maximum atomic E-state index is 11.5. The Morgan fingerprint density at radius 3 is 2.62 bits per heavy atom. The highest BCUT2D eigenvalue weighted by Crippen LogP contribution is 2.17. The van der Waals surface area contributed by atoms with Crippen LogP contribution in [0.3, 0.4) is 0 Å². The topological polar surface area (TPSA) is 29.1 Å². The van der Waals surface area contributed by atoms with Crippen molar-refractivity contribution in [1.82, 2.24) is 5.32 Å². The Hall–Kier alpha value is -0.370. The van der Waals surface area contributed by atoms with Gasteiger partial charge in [-0.3, -0.25) is 4.79 Å². The molecular formula is C11H21NO. The van der Waals surface area contributed by atoms with E-state index >= 15 is 0 Å². The Balaban J connectivity index is 2.13. The Kier molecular flexibility index (Phi) is 4.43. The molecule has 1 N–H and O–H groups in total. The van der Waals surface area contributed by atoms with Crippen LogP contribution in [-0.2, 0) is 4.79 Å². The monoisotopic (exact) mass is 183 g/mol. The van der Waals surface area contributed by atoms with Crippen LogP contribution in [-0.4, -0.2) is 18.4 Å². The van der Waals surface area contributed by atoms with Crippen LogP contribution in [0.5, 0.6) is 0 Å². The van der Waals surface area contributed by atoms with E-state index in [1.54, 1.807) is 0 Å². The molecule has 0 aliphatic heterocycles. The quantitative estimate of drug-likeness (QED) is 0.707. The van der Waals surface area contributed by atoms with Crippen molar-refractivity contribution >= 4 is 5.78 Å². The molecule has 1 aliphatic carbocycles. The Bertz CT molecular complexity index is 161. The molecule has 1 fully saturated rings. The van der Waals surface area contributed by atoms with E-state index in [0.717, 1.165) is 6.42 Å². The van der Waals surface area contributed by atoms with Gasteiger partial charge in [0.15, 0.2) is 0 Å². The lowest BCUT2D eigenvalue weighted by molar-refractivity contribution is -0.121. The molecule has 1 unspecified atom stereocenters. The molecule has 2 nitrogen and oxygen atoms in total. The number of carbonyl (C=O) groups excluding carboxylic acids is 1. The van der Waals surface area contributed by atoms with Gasteiger partial charge in [0.05, 0.1) is 6.54 Å². The summed E-state index contributed by atoms with van der Waals surface area (Å²) < 4.78 is 0. The van der Waals surface area contributed by atoms with Gasteiger partial charge < -0.3 is 5.32 Å². The fourth-order valence-electron chi connectivity index (χ4n) is 1.78. The van der Waals surface area contributed by atoms with Gasteiger partial charge in [-0.25, -0.2) is 0 Å². The van der Waals surface area contributed by atoms with Gasteiger partial charge in [0, 0.05) is 12.0 Å². The summed E-state index contributed by atoms with van der Waals surface area (Å²) in [6, 6.07) is 0.619. The third kappa shape index (κ3) is 3.47. The van der Waals surface area contributed by atoms with Gasteiger partial charge in [-0.1, -0.05) is 26.7 Å². The summed E-state index contributed by atoms with van der Waals surface area (Å²) in [6.45, 7) is 4.66. The Morgan fingerprint density at radius 2 is 2.08 bits per heavy atom. The summed E-state index contributed by atoms with van der Waals surface area (Å²) in [5, 5.41) is 3.35. The molecule has 1 aliphatic rings. The van der Waals surface area contributed by atoms with Crippen molar-refractivity contribution in [3.63, 3.8) is 0 Å². The summed E-state index contributed by atoms with van der Waals surface area (Å²) in [6.07, 6.45) is 6.14. The molecular weight excluding hydrogens is 162 g/mol. The number of hydrogen-bond acceptors (Lipinski definition) is 2. The number of carbonyl (C=O) groups is 1. The molecule has 0 radical (unpaired) electrons. The van der Waals surface area contributed by atoms with Crippen LogP contribution in [0, 0.1) is 5.92 Å². The predicted molar refractivity (Wildman–Crippen MR) is 54.7 cm³/mol. The molecule has 0 amide bonds. The predicted octanol–water partition coefficient (Wildman–Crippen LogP) is 2.13. The standard InChI is InChI=1S/C11H21NO/c1-3-9(2)11(13)8-12-10-6-4-5-7-10/h9-10,12H,3-8H2,1-2H3. The van der Waals surface area contributed by atoms with E-state index in [9.17, 15) is 4.79 Å². The largest absolute Gasteiger partial charge is 0.307 e. The van der Waals surface area contributed by atoms with Crippen molar-refractivity contribution in [3.05, 3.63) is 0 Å². The number of nitrogens with one attached hydrogen (secondary N) is 1. The van der Waals surface area contributed by atoms with Gasteiger partial charge in [0.25, 0.3) is 0 Å². The minimum atomic E-state index is 0.230. The first-order valence-electron chi connectivity index (χ1n) is 5.50. The third-order valence-corrected chi connectivity index (χ3v) is 3.08. The molecule has 0 aromatic heterocycles. The van der Waals surface area contributed by atoms with E-state index in [-0.39, 0.29) is 5.92 Å². The van der Waals surface area contributed by atoms with Crippen LogP contribution >= 0.6 is 0 Å². The summed E-state index contributed by atoms with van der Waals surface area (Å²) in [4.78, 5) is 11.5. The molecule has 0 aromatic carbocycles. The highest BCUT2D eigenvalue weighted by atomic mass is 16.1. The fourth-order valence-corrected chi connectivity index (χ4v) is 1.78. The lowest BCUT2D eigenvalue weighted by Gasteiger charge is -2.13. The van der Waals surface area contributed by atoms with Gasteiger partial charge in [-0.15, -0.1) is 0 Å². The highest BCUT2D eigenvalue weighted by Gasteiger charge is 2.16. The van der Waals surface area contributed by atoms with Crippen LogP contribution in [0.2, 0.25) is 0 Å². The van der Waals surface area contributed by atoms with Gasteiger partial charge in [-0.2, -0.15) is 0 Å². The third-order valence-electron chi connectivity index (χ3n) is 3.08. The summed E-state index contributed by atoms with van der Waals surface area (Å²) in [5.41, 5.74) is 0. The summed E-state index contributed by atoms with van der Waals surface area (Å²) in [7, 11) is 0. The van der Waals surface area contributed by atoms with Crippen molar-refractivity contribution in [1.29, 1.82) is 0 Å².